The maximum atomic E-state index is 13.1. The van der Waals surface area contributed by atoms with Gasteiger partial charge in [0, 0.05) is 25.7 Å². The van der Waals surface area contributed by atoms with Crippen molar-refractivity contribution in [1.29, 1.82) is 0 Å². The van der Waals surface area contributed by atoms with E-state index < -0.39 is 97.5 Å². The van der Waals surface area contributed by atoms with E-state index in [0.29, 0.717) is 25.7 Å². The summed E-state index contributed by atoms with van der Waals surface area (Å²) in [6, 6.07) is 0. The van der Waals surface area contributed by atoms with Crippen molar-refractivity contribution in [3.8, 4) is 0 Å². The maximum Gasteiger partial charge on any atom is 0.472 e. The van der Waals surface area contributed by atoms with Gasteiger partial charge in [-0.25, -0.2) is 9.13 Å². The molecule has 0 aromatic heterocycles. The fourth-order valence-electron chi connectivity index (χ4n) is 11.3. The van der Waals surface area contributed by atoms with Gasteiger partial charge in [0.2, 0.25) is 0 Å². The number of esters is 4. The molecule has 0 aromatic rings. The highest BCUT2D eigenvalue weighted by molar-refractivity contribution is 7.47. The van der Waals surface area contributed by atoms with Crippen molar-refractivity contribution >= 4 is 39.5 Å². The minimum atomic E-state index is -4.97. The third kappa shape index (κ3) is 73.1. The number of phosphoric acid groups is 2. The number of phosphoric ester groups is 2. The lowest BCUT2D eigenvalue weighted by Crippen LogP contribution is -2.30. The number of ether oxygens (including phenoxy) is 4. The molecule has 19 heteroatoms. The van der Waals surface area contributed by atoms with Gasteiger partial charge >= 0.3 is 39.5 Å². The Hall–Kier alpha value is -2.98. The van der Waals surface area contributed by atoms with Crippen molar-refractivity contribution in [2.24, 2.45) is 5.92 Å². The molecule has 0 aromatic carbocycles. The average Bonchev–Trinajstić information content (AvgIpc) is 3.02. The van der Waals surface area contributed by atoms with Crippen LogP contribution in [0.5, 0.6) is 0 Å². The maximum absolute atomic E-state index is 13.1. The van der Waals surface area contributed by atoms with Gasteiger partial charge in [0.1, 0.15) is 19.3 Å². The van der Waals surface area contributed by atoms with Gasteiger partial charge in [-0.05, 0) is 83.0 Å². The van der Waals surface area contributed by atoms with E-state index >= 15 is 0 Å². The quantitative estimate of drug-likeness (QED) is 0.0169. The van der Waals surface area contributed by atoms with Gasteiger partial charge in [0.05, 0.1) is 26.4 Å². The number of aliphatic hydroxyl groups excluding tert-OH is 1. The SMILES string of the molecule is CCCCCC/C=C\C=C/CCCCCCCC(=O)OC[C@H](COP(=O)(O)OC[C@@H](O)COP(=O)(O)OC[C@@H](COC(=O)CCCCCCCCCCCCC)OC(=O)CCCCCCC/C=C\C=C/CCCCCC)OC(=O)CCCCCCCCCCCCCCCCCC(C)C. The Kier molecular flexibility index (Phi) is 69.8. The fourth-order valence-corrected chi connectivity index (χ4v) is 12.9. The molecule has 99 heavy (non-hydrogen) atoms. The molecule has 2 unspecified atom stereocenters. The van der Waals surface area contributed by atoms with Crippen LogP contribution in [0.1, 0.15) is 375 Å². The predicted octanol–water partition coefficient (Wildman–Crippen LogP) is 23.1. The largest absolute Gasteiger partial charge is 0.472 e. The van der Waals surface area contributed by atoms with Crippen molar-refractivity contribution in [3.05, 3.63) is 48.6 Å². The fraction of sp³-hybridized carbons (Fsp3) is 0.850. The highest BCUT2D eigenvalue weighted by atomic mass is 31.2. The van der Waals surface area contributed by atoms with Crippen LogP contribution in [0.15, 0.2) is 48.6 Å². The normalized spacial score (nSPS) is 14.2. The molecular weight excluding hydrogens is 1290 g/mol. The summed E-state index contributed by atoms with van der Waals surface area (Å²) in [6.45, 7) is 7.21. The van der Waals surface area contributed by atoms with Crippen LogP contribution in [0.25, 0.3) is 0 Å². The Morgan fingerprint density at radius 3 is 0.828 bits per heavy atom. The zero-order valence-corrected chi connectivity index (χ0v) is 65.4. The van der Waals surface area contributed by atoms with Gasteiger partial charge in [-0.1, -0.05) is 321 Å². The van der Waals surface area contributed by atoms with E-state index in [1.807, 2.05) is 0 Å². The van der Waals surface area contributed by atoms with E-state index in [0.717, 1.165) is 128 Å². The van der Waals surface area contributed by atoms with Gasteiger partial charge < -0.3 is 33.8 Å². The molecule has 0 spiro atoms. The summed E-state index contributed by atoms with van der Waals surface area (Å²) in [4.78, 5) is 72.9. The Balaban J connectivity index is 5.32. The van der Waals surface area contributed by atoms with Gasteiger partial charge in [-0.3, -0.25) is 37.3 Å². The Morgan fingerprint density at radius 2 is 0.545 bits per heavy atom. The van der Waals surface area contributed by atoms with Crippen LogP contribution in [0.3, 0.4) is 0 Å². The van der Waals surface area contributed by atoms with Gasteiger partial charge in [-0.15, -0.1) is 0 Å². The lowest BCUT2D eigenvalue weighted by molar-refractivity contribution is -0.161. The molecule has 0 saturated carbocycles. The third-order valence-corrected chi connectivity index (χ3v) is 19.4. The number of aliphatic hydroxyl groups is 1. The Morgan fingerprint density at radius 1 is 0.313 bits per heavy atom. The highest BCUT2D eigenvalue weighted by Gasteiger charge is 2.30. The molecule has 0 bridgehead atoms. The second kappa shape index (κ2) is 72.0. The summed E-state index contributed by atoms with van der Waals surface area (Å²) in [5, 5.41) is 10.6. The summed E-state index contributed by atoms with van der Waals surface area (Å²) in [6.07, 6.45) is 68.1. The number of carbonyl (C=O) groups is 4. The van der Waals surface area contributed by atoms with E-state index in [1.54, 1.807) is 0 Å². The molecule has 0 aliphatic heterocycles. The number of unbranched alkanes of at least 4 members (excludes halogenated alkanes) is 42. The summed E-state index contributed by atoms with van der Waals surface area (Å²) in [7, 11) is -9.94. The first-order valence-electron chi connectivity index (χ1n) is 40.3. The molecule has 0 amide bonds. The minimum absolute atomic E-state index is 0.0831. The first-order valence-corrected chi connectivity index (χ1v) is 43.3. The third-order valence-electron chi connectivity index (χ3n) is 17.5. The second-order valence-electron chi connectivity index (χ2n) is 27.9. The van der Waals surface area contributed by atoms with Crippen molar-refractivity contribution in [3.63, 3.8) is 0 Å². The van der Waals surface area contributed by atoms with Crippen LogP contribution in [-0.2, 0) is 65.4 Å². The van der Waals surface area contributed by atoms with Crippen LogP contribution in [0, 0.1) is 5.92 Å². The van der Waals surface area contributed by atoms with E-state index in [2.05, 4.69) is 83.2 Å². The van der Waals surface area contributed by atoms with Gasteiger partial charge in [0.15, 0.2) is 12.2 Å². The van der Waals surface area contributed by atoms with Gasteiger partial charge in [0.25, 0.3) is 0 Å². The molecule has 0 aliphatic rings. The zero-order chi connectivity index (χ0) is 72.7. The smallest absolute Gasteiger partial charge is 0.462 e. The number of hydrogen-bond donors (Lipinski definition) is 3. The van der Waals surface area contributed by atoms with E-state index in [1.165, 1.54) is 167 Å². The second-order valence-corrected chi connectivity index (χ2v) is 30.8. The summed E-state index contributed by atoms with van der Waals surface area (Å²) < 4.78 is 68.6. The highest BCUT2D eigenvalue weighted by Crippen LogP contribution is 2.45. The molecule has 0 rings (SSSR count). The number of rotatable bonds is 76. The number of allylic oxidation sites excluding steroid dienone is 8. The van der Waals surface area contributed by atoms with Crippen LogP contribution < -0.4 is 0 Å². The van der Waals surface area contributed by atoms with Crippen LogP contribution in [0.2, 0.25) is 0 Å². The zero-order valence-electron chi connectivity index (χ0n) is 63.6. The molecule has 0 fully saturated rings. The molecule has 17 nitrogen and oxygen atoms in total. The Labute approximate surface area is 604 Å². The van der Waals surface area contributed by atoms with Crippen molar-refractivity contribution in [2.45, 2.75) is 393 Å². The standard InChI is InChI=1S/C80H148O17P2/c1-6-9-12-15-18-21-24-26-29-34-39-44-49-54-59-64-78(83)91-70-76(97-80(85)66-61-56-51-46-41-36-32-28-31-33-38-42-47-52-57-62-73(4)5)72-95-99(88,89)93-68-74(81)67-92-98(86,87)94-71-75(69-90-77(82)63-58-53-48-43-37-23-20-17-14-11-8-3)96-79(84)65-60-55-50-45-40-35-30-27-25-22-19-16-13-10-7-2/h21-22,24-27,29-30,73-76,81H,6-20,23,28,31-72H2,1-5H3,(H,86,87)(H,88,89)/b24-21-,25-22-,29-26-,30-27-/t74-,75+,76+/m0/s1. The summed E-state index contributed by atoms with van der Waals surface area (Å²) in [5.41, 5.74) is 0. The lowest BCUT2D eigenvalue weighted by atomic mass is 10.0. The van der Waals surface area contributed by atoms with Crippen molar-refractivity contribution in [1.82, 2.24) is 0 Å². The summed E-state index contributed by atoms with van der Waals surface area (Å²) >= 11 is 0. The topological polar surface area (TPSA) is 237 Å². The van der Waals surface area contributed by atoms with Crippen LogP contribution >= 0.6 is 15.6 Å². The van der Waals surface area contributed by atoms with E-state index in [9.17, 15) is 43.2 Å². The van der Waals surface area contributed by atoms with Crippen LogP contribution in [-0.4, -0.2) is 96.7 Å². The first kappa shape index (κ1) is 96.0. The molecule has 3 N–H and O–H groups in total. The number of carbonyl (C=O) groups excluding carboxylic acids is 4. The molecule has 0 saturated heterocycles. The molecule has 5 atom stereocenters. The molecule has 0 radical (unpaired) electrons. The lowest BCUT2D eigenvalue weighted by Gasteiger charge is -2.21. The first-order chi connectivity index (χ1) is 48.0. The predicted molar refractivity (Wildman–Crippen MR) is 404 cm³/mol. The molecular formula is C80H148O17P2. The molecule has 580 valence electrons. The van der Waals surface area contributed by atoms with Gasteiger partial charge in [-0.2, -0.15) is 0 Å². The van der Waals surface area contributed by atoms with E-state index in [4.69, 9.17) is 37.0 Å². The summed E-state index contributed by atoms with van der Waals surface area (Å²) in [5.74, 6) is -1.37. The minimum Gasteiger partial charge on any atom is -0.462 e. The number of hydrogen-bond acceptors (Lipinski definition) is 15. The Bertz CT molecular complexity index is 2080. The average molecular weight is 1440 g/mol. The molecule has 0 aliphatic carbocycles. The van der Waals surface area contributed by atoms with Crippen LogP contribution in [0.4, 0.5) is 0 Å². The van der Waals surface area contributed by atoms with Crippen molar-refractivity contribution in [2.75, 3.05) is 39.6 Å². The molecule has 0 heterocycles. The van der Waals surface area contributed by atoms with Crippen molar-refractivity contribution < 1.29 is 80.2 Å². The monoisotopic (exact) mass is 1440 g/mol. The van der Waals surface area contributed by atoms with E-state index in [-0.39, 0.29) is 25.7 Å².